The Bertz CT molecular complexity index is 432. The topological polar surface area (TPSA) is 44.8 Å². The molecule has 0 aliphatic rings. The lowest BCUT2D eigenvalue weighted by Crippen LogP contribution is -2.27. The van der Waals surface area contributed by atoms with Crippen molar-refractivity contribution in [2.24, 2.45) is 0 Å². The number of hydrogen-bond acceptors (Lipinski definition) is 4. The van der Waals surface area contributed by atoms with E-state index in [1.807, 2.05) is 52.8 Å². The maximum absolute atomic E-state index is 11.6. The van der Waals surface area contributed by atoms with E-state index in [1.165, 1.54) is 0 Å². The van der Waals surface area contributed by atoms with Crippen molar-refractivity contribution in [1.29, 1.82) is 0 Å². The number of aryl methyl sites for hydroxylation is 1. The van der Waals surface area contributed by atoms with E-state index in [0.29, 0.717) is 18.1 Å². The van der Waals surface area contributed by atoms with Crippen molar-refractivity contribution >= 4 is 5.97 Å². The van der Waals surface area contributed by atoms with Crippen molar-refractivity contribution < 1.29 is 19.0 Å². The van der Waals surface area contributed by atoms with Crippen LogP contribution in [0, 0.1) is 6.92 Å². The predicted octanol–water partition coefficient (Wildman–Crippen LogP) is 3.11. The molecule has 0 saturated carbocycles. The summed E-state index contributed by atoms with van der Waals surface area (Å²) in [4.78, 5) is 11.6. The Morgan fingerprint density at radius 1 is 1.16 bits per heavy atom. The first-order valence-electron chi connectivity index (χ1n) is 6.40. The normalized spacial score (nSPS) is 11.0. The number of esters is 1. The molecule has 0 aromatic heterocycles. The highest BCUT2D eigenvalue weighted by atomic mass is 16.6. The van der Waals surface area contributed by atoms with Crippen LogP contribution in [0.15, 0.2) is 18.2 Å². The lowest BCUT2D eigenvalue weighted by atomic mass is 10.2. The number of rotatable bonds is 5. The highest BCUT2D eigenvalue weighted by molar-refractivity contribution is 5.71. The van der Waals surface area contributed by atoms with Crippen LogP contribution in [0.25, 0.3) is 0 Å². The lowest BCUT2D eigenvalue weighted by Gasteiger charge is -2.20. The molecule has 0 aliphatic heterocycles. The van der Waals surface area contributed by atoms with Gasteiger partial charge in [0.25, 0.3) is 0 Å². The summed E-state index contributed by atoms with van der Waals surface area (Å²) in [6, 6.07) is 5.62. The smallest absolute Gasteiger partial charge is 0.344 e. The Kier molecular flexibility index (Phi) is 5.21. The van der Waals surface area contributed by atoms with Crippen LogP contribution in [0.4, 0.5) is 0 Å². The van der Waals surface area contributed by atoms with Crippen LogP contribution in [-0.4, -0.2) is 24.8 Å². The van der Waals surface area contributed by atoms with Crippen molar-refractivity contribution in [2.45, 2.75) is 40.2 Å². The third kappa shape index (κ3) is 5.64. The molecular weight excluding hydrogens is 244 g/mol. The molecule has 1 rings (SSSR count). The fourth-order valence-electron chi connectivity index (χ4n) is 1.51. The van der Waals surface area contributed by atoms with Crippen molar-refractivity contribution in [2.75, 3.05) is 13.2 Å². The summed E-state index contributed by atoms with van der Waals surface area (Å²) >= 11 is 0. The summed E-state index contributed by atoms with van der Waals surface area (Å²) in [6.45, 7) is 9.75. The summed E-state index contributed by atoms with van der Waals surface area (Å²) < 4.78 is 16.1. The van der Waals surface area contributed by atoms with Crippen LogP contribution in [0.5, 0.6) is 11.5 Å². The quantitative estimate of drug-likeness (QED) is 0.768. The van der Waals surface area contributed by atoms with Gasteiger partial charge in [0, 0.05) is 0 Å². The predicted molar refractivity (Wildman–Crippen MR) is 73.7 cm³/mol. The Morgan fingerprint density at radius 2 is 1.84 bits per heavy atom. The third-order valence-corrected chi connectivity index (χ3v) is 2.16. The van der Waals surface area contributed by atoms with Gasteiger partial charge in [0.2, 0.25) is 0 Å². The van der Waals surface area contributed by atoms with E-state index in [4.69, 9.17) is 14.2 Å². The van der Waals surface area contributed by atoms with Crippen LogP contribution < -0.4 is 9.47 Å². The number of ether oxygens (including phenoxy) is 3. The number of benzene rings is 1. The minimum Gasteiger partial charge on any atom is -0.490 e. The molecular formula is C15H22O4. The Balaban J connectivity index is 2.66. The van der Waals surface area contributed by atoms with E-state index >= 15 is 0 Å². The SMILES string of the molecule is CCOc1ccc(C)cc1OCC(=O)OC(C)(C)C. The lowest BCUT2D eigenvalue weighted by molar-refractivity contribution is -0.157. The molecule has 0 fully saturated rings. The van der Waals surface area contributed by atoms with Crippen LogP contribution in [0.1, 0.15) is 33.3 Å². The van der Waals surface area contributed by atoms with Gasteiger partial charge in [0.1, 0.15) is 5.60 Å². The second-order valence-electron chi connectivity index (χ2n) is 5.26. The highest BCUT2D eigenvalue weighted by Crippen LogP contribution is 2.28. The molecule has 0 spiro atoms. The van der Waals surface area contributed by atoms with Crippen molar-refractivity contribution in [3.8, 4) is 11.5 Å². The Morgan fingerprint density at radius 3 is 2.42 bits per heavy atom. The summed E-state index contributed by atoms with van der Waals surface area (Å²) in [5.41, 5.74) is 0.540. The molecule has 4 heteroatoms. The summed E-state index contributed by atoms with van der Waals surface area (Å²) in [7, 11) is 0. The molecule has 1 aromatic rings. The molecule has 0 bridgehead atoms. The van der Waals surface area contributed by atoms with Crippen LogP contribution in [0.3, 0.4) is 0 Å². The molecule has 1 aromatic carbocycles. The number of carbonyl (C=O) groups excluding carboxylic acids is 1. The van der Waals surface area contributed by atoms with Gasteiger partial charge in [-0.2, -0.15) is 0 Å². The summed E-state index contributed by atoms with van der Waals surface area (Å²) in [5, 5.41) is 0. The van der Waals surface area contributed by atoms with Gasteiger partial charge < -0.3 is 14.2 Å². The Hall–Kier alpha value is -1.71. The second kappa shape index (κ2) is 6.45. The molecule has 106 valence electrons. The number of hydrogen-bond donors (Lipinski definition) is 0. The van der Waals surface area contributed by atoms with Crippen molar-refractivity contribution in [3.63, 3.8) is 0 Å². The minimum atomic E-state index is -0.504. The minimum absolute atomic E-state index is 0.124. The second-order valence-corrected chi connectivity index (χ2v) is 5.26. The fourth-order valence-corrected chi connectivity index (χ4v) is 1.51. The standard InChI is InChI=1S/C15H22O4/c1-6-17-12-8-7-11(2)9-13(12)18-10-14(16)19-15(3,4)5/h7-9H,6,10H2,1-5H3. The Labute approximate surface area is 114 Å². The fraction of sp³-hybridized carbons (Fsp3) is 0.533. The van der Waals surface area contributed by atoms with E-state index in [2.05, 4.69) is 0 Å². The molecule has 0 radical (unpaired) electrons. The van der Waals surface area contributed by atoms with Gasteiger partial charge in [-0.05, 0) is 52.3 Å². The van der Waals surface area contributed by atoms with Gasteiger partial charge in [-0.25, -0.2) is 4.79 Å². The first kappa shape index (κ1) is 15.3. The van der Waals surface area contributed by atoms with E-state index < -0.39 is 11.6 Å². The van der Waals surface area contributed by atoms with Crippen molar-refractivity contribution in [1.82, 2.24) is 0 Å². The zero-order valence-corrected chi connectivity index (χ0v) is 12.3. The van der Waals surface area contributed by atoms with Gasteiger partial charge in [-0.3, -0.25) is 0 Å². The van der Waals surface area contributed by atoms with Crippen LogP contribution in [0.2, 0.25) is 0 Å². The first-order chi connectivity index (χ1) is 8.81. The van der Waals surface area contributed by atoms with Crippen LogP contribution >= 0.6 is 0 Å². The maximum atomic E-state index is 11.6. The van der Waals surface area contributed by atoms with Gasteiger partial charge >= 0.3 is 5.97 Å². The molecule has 0 heterocycles. The summed E-state index contributed by atoms with van der Waals surface area (Å²) in [5.74, 6) is 0.806. The first-order valence-corrected chi connectivity index (χ1v) is 6.40. The highest BCUT2D eigenvalue weighted by Gasteiger charge is 2.17. The summed E-state index contributed by atoms with van der Waals surface area (Å²) in [6.07, 6.45) is 0. The monoisotopic (exact) mass is 266 g/mol. The van der Waals surface area contributed by atoms with E-state index in [1.54, 1.807) is 0 Å². The average molecular weight is 266 g/mol. The zero-order chi connectivity index (χ0) is 14.5. The van der Waals surface area contributed by atoms with E-state index in [0.717, 1.165) is 5.56 Å². The zero-order valence-electron chi connectivity index (χ0n) is 12.3. The molecule has 0 atom stereocenters. The van der Waals surface area contributed by atoms with Gasteiger partial charge in [-0.15, -0.1) is 0 Å². The van der Waals surface area contributed by atoms with Crippen molar-refractivity contribution in [3.05, 3.63) is 23.8 Å². The molecule has 4 nitrogen and oxygen atoms in total. The molecule has 19 heavy (non-hydrogen) atoms. The molecule has 0 saturated heterocycles. The average Bonchev–Trinajstić information content (AvgIpc) is 2.27. The van der Waals surface area contributed by atoms with Gasteiger partial charge in [-0.1, -0.05) is 6.07 Å². The number of carbonyl (C=O) groups is 1. The molecule has 0 N–H and O–H groups in total. The van der Waals surface area contributed by atoms with Gasteiger partial charge in [0.15, 0.2) is 18.1 Å². The molecule has 0 aliphatic carbocycles. The molecule has 0 amide bonds. The molecule has 0 unspecified atom stereocenters. The van der Waals surface area contributed by atoms with E-state index in [9.17, 15) is 4.79 Å². The van der Waals surface area contributed by atoms with Gasteiger partial charge in [0.05, 0.1) is 6.61 Å². The van der Waals surface area contributed by atoms with E-state index in [-0.39, 0.29) is 6.61 Å². The largest absolute Gasteiger partial charge is 0.490 e. The maximum Gasteiger partial charge on any atom is 0.344 e. The van der Waals surface area contributed by atoms with Crippen LogP contribution in [-0.2, 0) is 9.53 Å². The third-order valence-electron chi connectivity index (χ3n) is 2.16.